The molecule has 2 aromatic carbocycles. The second-order valence-corrected chi connectivity index (χ2v) is 8.77. The third-order valence-corrected chi connectivity index (χ3v) is 6.15. The largest absolute Gasteiger partial charge is 0.374 e. The zero-order valence-electron chi connectivity index (χ0n) is 14.9. The number of thiocarbonyl (C=S) groups is 1. The molecule has 0 atom stereocenters. The molecule has 0 fully saturated rings. The Morgan fingerprint density at radius 3 is 2.57 bits per heavy atom. The quantitative estimate of drug-likeness (QED) is 0.336. The number of anilines is 1. The topological polar surface area (TPSA) is 71.2 Å². The molecule has 0 aliphatic carbocycles. The van der Waals surface area contributed by atoms with Crippen molar-refractivity contribution in [2.75, 3.05) is 10.8 Å². The van der Waals surface area contributed by atoms with E-state index in [4.69, 9.17) is 29.6 Å². The third-order valence-electron chi connectivity index (χ3n) is 3.70. The number of nitrogens with one attached hydrogen (secondary N) is 1. The van der Waals surface area contributed by atoms with Gasteiger partial charge < -0.3 is 5.73 Å². The average Bonchev–Trinajstić information content (AvgIpc) is 3.15. The molecule has 28 heavy (non-hydrogen) atoms. The number of benzene rings is 2. The van der Waals surface area contributed by atoms with Gasteiger partial charge in [0.25, 0.3) is 0 Å². The fraction of sp³-hybridized carbons (Fsp3) is 0.105. The molecule has 1 heterocycles. The smallest absolute Gasteiger partial charge is 0.249 e. The van der Waals surface area contributed by atoms with E-state index in [2.05, 4.69) is 22.5 Å². The number of thiazole rings is 1. The highest BCUT2D eigenvalue weighted by molar-refractivity contribution is 8.01. The van der Waals surface area contributed by atoms with Gasteiger partial charge in [-0.05, 0) is 43.4 Å². The normalized spacial score (nSPS) is 10.5. The number of hydrogen-bond acceptors (Lipinski definition) is 5. The highest BCUT2D eigenvalue weighted by Gasteiger charge is 2.14. The minimum absolute atomic E-state index is 0.0385. The number of aryl methyl sites for hydroxylation is 1. The summed E-state index contributed by atoms with van der Waals surface area (Å²) in [5.74, 6) is -0.0482. The predicted octanol–water partition coefficient (Wildman–Crippen LogP) is 4.65. The fourth-order valence-corrected chi connectivity index (χ4v) is 4.21. The van der Waals surface area contributed by atoms with E-state index in [1.165, 1.54) is 33.7 Å². The lowest BCUT2D eigenvalue weighted by atomic mass is 10.1. The van der Waals surface area contributed by atoms with E-state index in [-0.39, 0.29) is 16.8 Å². The number of carbonyl (C=O) groups is 1. The van der Waals surface area contributed by atoms with Gasteiger partial charge in [-0.15, -0.1) is 11.3 Å². The first-order valence-corrected chi connectivity index (χ1v) is 10.9. The van der Waals surface area contributed by atoms with Gasteiger partial charge in [-0.3, -0.25) is 10.2 Å². The molecule has 1 amide bonds. The molecule has 0 bridgehead atoms. The minimum Gasteiger partial charge on any atom is -0.374 e. The van der Waals surface area contributed by atoms with Crippen molar-refractivity contribution in [3.63, 3.8) is 0 Å². The van der Waals surface area contributed by atoms with Gasteiger partial charge in [-0.25, -0.2) is 9.99 Å². The SMILES string of the molecule is Cc1ccc(-c2csc(SCC(=O)NN(C(N)=S)c3ccc(Cl)cc3)n2)cc1. The van der Waals surface area contributed by atoms with E-state index in [0.29, 0.717) is 10.7 Å². The van der Waals surface area contributed by atoms with Gasteiger partial charge >= 0.3 is 0 Å². The van der Waals surface area contributed by atoms with Crippen molar-refractivity contribution < 1.29 is 4.79 Å². The van der Waals surface area contributed by atoms with E-state index < -0.39 is 0 Å². The third kappa shape index (κ3) is 5.45. The van der Waals surface area contributed by atoms with E-state index in [1.807, 2.05) is 24.4 Å². The molecule has 0 aliphatic rings. The molecule has 0 unspecified atom stereocenters. The number of rotatable bonds is 5. The van der Waals surface area contributed by atoms with Crippen LogP contribution < -0.4 is 16.2 Å². The van der Waals surface area contributed by atoms with Crippen molar-refractivity contribution in [1.82, 2.24) is 10.4 Å². The standard InChI is InChI=1S/C19H17ClN4OS3/c1-12-2-4-13(5-3-12)16-10-27-19(22-16)28-11-17(25)23-24(18(21)26)15-8-6-14(20)7-9-15/h2-10H,11H2,1H3,(H2,21,26)(H,23,25). The Bertz CT molecular complexity index is 974. The summed E-state index contributed by atoms with van der Waals surface area (Å²) in [4.78, 5) is 16.9. The van der Waals surface area contributed by atoms with Gasteiger partial charge in [0.1, 0.15) is 0 Å². The number of nitrogens with two attached hydrogens (primary N) is 1. The Kier molecular flexibility index (Phi) is 6.90. The Hall–Kier alpha value is -2.13. The summed E-state index contributed by atoms with van der Waals surface area (Å²) in [5, 5.41) is 3.96. The molecule has 0 radical (unpaired) electrons. The van der Waals surface area contributed by atoms with Crippen LogP contribution >= 0.6 is 46.9 Å². The molecule has 3 N–H and O–H groups in total. The summed E-state index contributed by atoms with van der Waals surface area (Å²) in [7, 11) is 0. The van der Waals surface area contributed by atoms with E-state index in [0.717, 1.165) is 15.6 Å². The number of hydrazine groups is 1. The maximum Gasteiger partial charge on any atom is 0.249 e. The van der Waals surface area contributed by atoms with Gasteiger partial charge in [-0.2, -0.15) is 0 Å². The summed E-state index contributed by atoms with van der Waals surface area (Å²) >= 11 is 13.8. The van der Waals surface area contributed by atoms with Crippen molar-refractivity contribution in [1.29, 1.82) is 0 Å². The molecule has 9 heteroatoms. The molecule has 0 spiro atoms. The second-order valence-electron chi connectivity index (χ2n) is 5.84. The molecule has 1 aromatic heterocycles. The zero-order chi connectivity index (χ0) is 20.1. The molecule has 5 nitrogen and oxygen atoms in total. The fourth-order valence-electron chi connectivity index (χ4n) is 2.30. The Balaban J connectivity index is 1.59. The van der Waals surface area contributed by atoms with Crippen LogP contribution in [0.25, 0.3) is 11.3 Å². The summed E-state index contributed by atoms with van der Waals surface area (Å²) in [6, 6.07) is 15.0. The summed E-state index contributed by atoms with van der Waals surface area (Å²) < 4.78 is 0.819. The van der Waals surface area contributed by atoms with E-state index in [9.17, 15) is 4.79 Å². The van der Waals surface area contributed by atoms with Crippen LogP contribution in [0.3, 0.4) is 0 Å². The average molecular weight is 449 g/mol. The molecule has 3 aromatic rings. The maximum atomic E-state index is 12.3. The highest BCUT2D eigenvalue weighted by atomic mass is 35.5. The van der Waals surface area contributed by atoms with Crippen LogP contribution in [-0.4, -0.2) is 21.8 Å². The number of nitrogens with zero attached hydrogens (tertiary/aromatic N) is 2. The lowest BCUT2D eigenvalue weighted by Gasteiger charge is -2.23. The summed E-state index contributed by atoms with van der Waals surface area (Å²) in [5.41, 5.74) is 12.2. The molecule has 0 aliphatic heterocycles. The molecule has 3 rings (SSSR count). The van der Waals surface area contributed by atoms with Crippen molar-refractivity contribution in [2.45, 2.75) is 11.3 Å². The van der Waals surface area contributed by atoms with Gasteiger partial charge in [-0.1, -0.05) is 53.2 Å². The van der Waals surface area contributed by atoms with Crippen LogP contribution in [0.15, 0.2) is 58.3 Å². The van der Waals surface area contributed by atoms with Crippen LogP contribution in [0.2, 0.25) is 5.02 Å². The number of amides is 1. The number of hydrogen-bond donors (Lipinski definition) is 2. The van der Waals surface area contributed by atoms with Gasteiger partial charge in [0.2, 0.25) is 5.91 Å². The number of halogens is 1. The molecule has 0 saturated carbocycles. The Labute approximate surface area is 181 Å². The van der Waals surface area contributed by atoms with Crippen LogP contribution in [0.1, 0.15) is 5.56 Å². The minimum atomic E-state index is -0.236. The first-order valence-electron chi connectivity index (χ1n) is 8.22. The first-order chi connectivity index (χ1) is 13.4. The second kappa shape index (κ2) is 9.38. The van der Waals surface area contributed by atoms with Crippen molar-refractivity contribution in [3.05, 3.63) is 64.5 Å². The van der Waals surface area contributed by atoms with Gasteiger partial charge in [0.15, 0.2) is 9.45 Å². The van der Waals surface area contributed by atoms with Crippen molar-refractivity contribution in [3.8, 4) is 11.3 Å². The summed E-state index contributed by atoms with van der Waals surface area (Å²) in [6.45, 7) is 2.05. The Morgan fingerprint density at radius 1 is 1.25 bits per heavy atom. The van der Waals surface area contributed by atoms with Gasteiger partial charge in [0, 0.05) is 16.0 Å². The lowest BCUT2D eigenvalue weighted by Crippen LogP contribution is -2.49. The zero-order valence-corrected chi connectivity index (χ0v) is 18.1. The lowest BCUT2D eigenvalue weighted by molar-refractivity contribution is -0.118. The van der Waals surface area contributed by atoms with Crippen molar-refractivity contribution >= 4 is 63.6 Å². The Morgan fingerprint density at radius 2 is 1.93 bits per heavy atom. The highest BCUT2D eigenvalue weighted by Crippen LogP contribution is 2.28. The molecular formula is C19H17ClN4OS3. The molecule has 144 valence electrons. The van der Waals surface area contributed by atoms with E-state index >= 15 is 0 Å². The van der Waals surface area contributed by atoms with Crippen LogP contribution in [0.5, 0.6) is 0 Å². The molecule has 0 saturated heterocycles. The first kappa shape index (κ1) is 20.6. The van der Waals surface area contributed by atoms with Crippen LogP contribution in [0, 0.1) is 6.92 Å². The summed E-state index contributed by atoms with van der Waals surface area (Å²) in [6.07, 6.45) is 0. The van der Waals surface area contributed by atoms with Crippen molar-refractivity contribution in [2.24, 2.45) is 5.73 Å². The van der Waals surface area contributed by atoms with Gasteiger partial charge in [0.05, 0.1) is 17.1 Å². The number of carbonyl (C=O) groups excluding carboxylic acids is 1. The van der Waals surface area contributed by atoms with Crippen LogP contribution in [0.4, 0.5) is 5.69 Å². The predicted molar refractivity (Wildman–Crippen MR) is 122 cm³/mol. The van der Waals surface area contributed by atoms with Crippen LogP contribution in [-0.2, 0) is 4.79 Å². The maximum absolute atomic E-state index is 12.3. The number of thioether (sulfide) groups is 1. The van der Waals surface area contributed by atoms with E-state index in [1.54, 1.807) is 24.3 Å². The molecular weight excluding hydrogens is 432 g/mol. The monoisotopic (exact) mass is 448 g/mol. The number of aromatic nitrogens is 1.